The summed E-state index contributed by atoms with van der Waals surface area (Å²) in [5.41, 5.74) is 0.209. The van der Waals surface area contributed by atoms with E-state index < -0.39 is 11.8 Å². The number of rotatable bonds is 26. The van der Waals surface area contributed by atoms with Gasteiger partial charge in [0.25, 0.3) is 11.8 Å². The minimum Gasteiger partial charge on any atom is -0.279 e. The van der Waals surface area contributed by atoms with E-state index in [4.69, 9.17) is 0 Å². The van der Waals surface area contributed by atoms with Crippen LogP contribution in [0, 0.1) is 0 Å². The fraction of sp³-hybridized carbons (Fsp3) is 0.829. The third-order valence-corrected chi connectivity index (χ3v) is 7.87. The lowest BCUT2D eigenvalue weighted by molar-refractivity contribution is -0.144. The Morgan fingerprint density at radius 3 is 1.15 bits per heavy atom. The molecule has 238 valence electrons. The van der Waals surface area contributed by atoms with Gasteiger partial charge >= 0.3 is 0 Å². The molecule has 41 heavy (non-hydrogen) atoms. The molecule has 0 aliphatic heterocycles. The van der Waals surface area contributed by atoms with E-state index in [1.807, 2.05) is 0 Å². The van der Waals surface area contributed by atoms with Gasteiger partial charge in [-0.05, 0) is 19.8 Å². The van der Waals surface area contributed by atoms with Crippen LogP contribution in [-0.4, -0.2) is 46.5 Å². The first-order chi connectivity index (χ1) is 19.8. The highest BCUT2D eigenvalue weighted by Crippen LogP contribution is 2.14. The highest BCUT2D eigenvalue weighted by atomic mass is 16.2. The zero-order chi connectivity index (χ0) is 30.7. The predicted octanol–water partition coefficient (Wildman–Crippen LogP) is 9.30. The van der Waals surface area contributed by atoms with Gasteiger partial charge in [0.1, 0.15) is 0 Å². The number of nitrogens with zero attached hydrogens (tertiary/aromatic N) is 2. The van der Waals surface area contributed by atoms with Gasteiger partial charge in [-0.15, -0.1) is 0 Å². The molecule has 0 N–H and O–H groups in total. The van der Waals surface area contributed by atoms with Crippen LogP contribution in [0.15, 0.2) is 11.6 Å². The molecule has 0 unspecified atom stereocenters. The second-order valence-electron chi connectivity index (χ2n) is 11.6. The Balaban J connectivity index is 4.72. The summed E-state index contributed by atoms with van der Waals surface area (Å²) in [5, 5.41) is 0. The second-order valence-corrected chi connectivity index (χ2v) is 11.6. The van der Waals surface area contributed by atoms with Gasteiger partial charge < -0.3 is 0 Å². The fourth-order valence-electron chi connectivity index (χ4n) is 5.13. The summed E-state index contributed by atoms with van der Waals surface area (Å²) in [5.74, 6) is -1.34. The highest BCUT2D eigenvalue weighted by Gasteiger charge is 2.24. The van der Waals surface area contributed by atoms with Crippen molar-refractivity contribution >= 4 is 23.6 Å². The first-order valence-corrected chi connectivity index (χ1v) is 17.2. The van der Waals surface area contributed by atoms with Gasteiger partial charge in [0.05, 0.1) is 0 Å². The number of hydrogen-bond acceptors (Lipinski definition) is 4. The van der Waals surface area contributed by atoms with Crippen LogP contribution in [0.25, 0.3) is 0 Å². The molecule has 4 amide bonds. The van der Waals surface area contributed by atoms with Crippen molar-refractivity contribution in [2.45, 2.75) is 176 Å². The van der Waals surface area contributed by atoms with Crippen molar-refractivity contribution in [1.29, 1.82) is 0 Å². The molecule has 0 bridgehead atoms. The van der Waals surface area contributed by atoms with E-state index in [9.17, 15) is 19.2 Å². The molecule has 0 aromatic rings. The Kier molecular flexibility index (Phi) is 25.6. The number of carbonyl (C=O) groups is 4. The second kappa shape index (κ2) is 26.9. The van der Waals surface area contributed by atoms with E-state index in [1.54, 1.807) is 20.8 Å². The van der Waals surface area contributed by atoms with Crippen LogP contribution in [0.4, 0.5) is 0 Å². The van der Waals surface area contributed by atoms with Crippen LogP contribution in [0.2, 0.25) is 0 Å². The van der Waals surface area contributed by atoms with Crippen molar-refractivity contribution in [3.8, 4) is 0 Å². The van der Waals surface area contributed by atoms with Gasteiger partial charge in [-0.2, -0.15) is 0 Å². The lowest BCUT2D eigenvalue weighted by atomic mass is 10.1. The highest BCUT2D eigenvalue weighted by molar-refractivity contribution is 6.09. The third kappa shape index (κ3) is 19.7. The van der Waals surface area contributed by atoms with Gasteiger partial charge in [0, 0.05) is 37.6 Å². The number of amides is 4. The normalized spacial score (nSPS) is 11.5. The van der Waals surface area contributed by atoms with Crippen LogP contribution >= 0.6 is 0 Å². The maximum absolute atomic E-state index is 13.2. The molecular weight excluding hydrogens is 512 g/mol. The largest absolute Gasteiger partial charge is 0.279 e. The van der Waals surface area contributed by atoms with Gasteiger partial charge in [0.15, 0.2) is 0 Å². The van der Waals surface area contributed by atoms with Crippen molar-refractivity contribution in [3.05, 3.63) is 11.6 Å². The Hall–Kier alpha value is -1.98. The molecule has 0 aromatic heterocycles. The Bertz CT molecular complexity index is 746. The number of imide groups is 2. The SMILES string of the molecule is CCCCCCCCCCCCN(C(=O)/C=C(/C)C(=O)N(CCCCCCCCCCCC)C(=O)CC)C(=O)CC. The predicted molar refractivity (Wildman–Crippen MR) is 171 cm³/mol. The van der Waals surface area contributed by atoms with Gasteiger partial charge in [-0.3, -0.25) is 29.0 Å². The van der Waals surface area contributed by atoms with Crippen molar-refractivity contribution in [2.24, 2.45) is 0 Å². The summed E-state index contributed by atoms with van der Waals surface area (Å²) in [4.78, 5) is 53.8. The molecular formula is C35H64N2O4. The fourth-order valence-corrected chi connectivity index (χ4v) is 5.13. The monoisotopic (exact) mass is 576 g/mol. The van der Waals surface area contributed by atoms with E-state index in [1.165, 1.54) is 106 Å². The number of hydrogen-bond donors (Lipinski definition) is 0. The van der Waals surface area contributed by atoms with Gasteiger partial charge in [0.2, 0.25) is 11.8 Å². The minimum absolute atomic E-state index is 0.209. The summed E-state index contributed by atoms with van der Waals surface area (Å²) in [6.45, 7) is 10.3. The zero-order valence-electron chi connectivity index (χ0n) is 27.6. The third-order valence-electron chi connectivity index (χ3n) is 7.87. The summed E-state index contributed by atoms with van der Waals surface area (Å²) in [6, 6.07) is 0. The summed E-state index contributed by atoms with van der Waals surface area (Å²) < 4.78 is 0. The van der Waals surface area contributed by atoms with Crippen LogP contribution in [-0.2, 0) is 19.2 Å². The first kappa shape index (κ1) is 39.0. The quantitative estimate of drug-likeness (QED) is 0.0759. The smallest absolute Gasteiger partial charge is 0.256 e. The van der Waals surface area contributed by atoms with Crippen molar-refractivity contribution in [3.63, 3.8) is 0 Å². The maximum atomic E-state index is 13.2. The van der Waals surface area contributed by atoms with E-state index in [0.29, 0.717) is 13.1 Å². The van der Waals surface area contributed by atoms with E-state index >= 15 is 0 Å². The molecule has 0 spiro atoms. The van der Waals surface area contributed by atoms with Crippen molar-refractivity contribution in [2.75, 3.05) is 13.1 Å². The molecule has 6 nitrogen and oxygen atoms in total. The molecule has 0 fully saturated rings. The molecule has 0 aromatic carbocycles. The lowest BCUT2D eigenvalue weighted by Gasteiger charge is -2.22. The molecule has 0 rings (SSSR count). The summed E-state index contributed by atoms with van der Waals surface area (Å²) >= 11 is 0. The van der Waals surface area contributed by atoms with Gasteiger partial charge in [-0.25, -0.2) is 0 Å². The van der Waals surface area contributed by atoms with Gasteiger partial charge in [-0.1, -0.05) is 143 Å². The number of unbranched alkanes of at least 4 members (excludes halogenated alkanes) is 18. The maximum Gasteiger partial charge on any atom is 0.256 e. The first-order valence-electron chi connectivity index (χ1n) is 17.2. The Morgan fingerprint density at radius 1 is 0.463 bits per heavy atom. The Labute approximate surface area is 253 Å². The van der Waals surface area contributed by atoms with E-state index in [2.05, 4.69) is 13.8 Å². The summed E-state index contributed by atoms with van der Waals surface area (Å²) in [7, 11) is 0. The van der Waals surface area contributed by atoms with Crippen LogP contribution in [0.1, 0.15) is 176 Å². The van der Waals surface area contributed by atoms with Crippen LogP contribution in [0.3, 0.4) is 0 Å². The average molecular weight is 577 g/mol. The minimum atomic E-state index is -0.457. The molecule has 0 aliphatic carbocycles. The molecule has 0 saturated heterocycles. The molecule has 0 saturated carbocycles. The number of carbonyl (C=O) groups excluding carboxylic acids is 4. The molecule has 0 aliphatic rings. The standard InChI is InChI=1S/C35H64N2O4/c1-6-10-12-14-16-18-20-22-24-26-28-36(32(38)8-3)34(40)30-31(5)35(41)37(33(39)9-4)29-27-25-23-21-19-17-15-13-11-7-2/h30H,6-29H2,1-5H3/b31-30-. The summed E-state index contributed by atoms with van der Waals surface area (Å²) in [6.07, 6.45) is 25.3. The molecule has 0 atom stereocenters. The topological polar surface area (TPSA) is 74.8 Å². The van der Waals surface area contributed by atoms with Crippen molar-refractivity contribution in [1.82, 2.24) is 9.80 Å². The van der Waals surface area contributed by atoms with Crippen LogP contribution in [0.5, 0.6) is 0 Å². The Morgan fingerprint density at radius 2 is 0.780 bits per heavy atom. The van der Waals surface area contributed by atoms with E-state index in [-0.39, 0.29) is 30.2 Å². The zero-order valence-corrected chi connectivity index (χ0v) is 27.6. The molecule has 6 heteroatoms. The molecule has 0 radical (unpaired) electrons. The van der Waals surface area contributed by atoms with Crippen LogP contribution < -0.4 is 0 Å². The average Bonchev–Trinajstić information content (AvgIpc) is 2.97. The van der Waals surface area contributed by atoms with E-state index in [0.717, 1.165) is 38.5 Å². The van der Waals surface area contributed by atoms with Crippen molar-refractivity contribution < 1.29 is 19.2 Å². The lowest BCUT2D eigenvalue weighted by Crippen LogP contribution is -2.39. The molecule has 0 heterocycles.